The van der Waals surface area contributed by atoms with Gasteiger partial charge in [-0.1, -0.05) is 18.2 Å². The van der Waals surface area contributed by atoms with Crippen LogP contribution in [0.4, 0.5) is 4.39 Å². The number of aromatic amines is 1. The van der Waals surface area contributed by atoms with Crippen LogP contribution in [0, 0.1) is 5.82 Å². The SMILES string of the molecule is NOc1cc(-c2cc(O)cc(F)c2)cc2c1OCCO2.OCCCc1c[nH]c2ccccc12. The van der Waals surface area contributed by atoms with Crippen LogP contribution in [0.3, 0.4) is 0 Å². The number of aryl methyl sites for hydroxylation is 1. The van der Waals surface area contributed by atoms with E-state index in [0.717, 1.165) is 18.9 Å². The number of aromatic hydroxyl groups is 1. The summed E-state index contributed by atoms with van der Waals surface area (Å²) in [7, 11) is 0. The van der Waals surface area contributed by atoms with Crippen molar-refractivity contribution in [2.45, 2.75) is 12.8 Å². The van der Waals surface area contributed by atoms with E-state index in [0.29, 0.717) is 41.6 Å². The van der Waals surface area contributed by atoms with Crippen molar-refractivity contribution in [3.05, 3.63) is 72.2 Å². The molecular formula is C25H25FN2O5. The van der Waals surface area contributed by atoms with E-state index in [9.17, 15) is 9.50 Å². The third-order valence-corrected chi connectivity index (χ3v) is 5.23. The summed E-state index contributed by atoms with van der Waals surface area (Å²) in [6, 6.07) is 15.3. The second-order valence-electron chi connectivity index (χ2n) is 7.50. The lowest BCUT2D eigenvalue weighted by Crippen LogP contribution is -2.17. The molecular weight excluding hydrogens is 427 g/mol. The Balaban J connectivity index is 0.000000172. The summed E-state index contributed by atoms with van der Waals surface area (Å²) in [6.07, 6.45) is 3.81. The van der Waals surface area contributed by atoms with Gasteiger partial charge in [-0.2, -0.15) is 5.90 Å². The number of H-pyrrole nitrogens is 1. The average Bonchev–Trinajstić information content (AvgIpc) is 3.25. The number of aliphatic hydroxyl groups is 1. The van der Waals surface area contributed by atoms with Gasteiger partial charge in [0.1, 0.15) is 24.8 Å². The van der Waals surface area contributed by atoms with Gasteiger partial charge in [-0.15, -0.1) is 0 Å². The van der Waals surface area contributed by atoms with Crippen molar-refractivity contribution in [1.29, 1.82) is 0 Å². The lowest BCUT2D eigenvalue weighted by molar-refractivity contribution is 0.162. The first-order chi connectivity index (χ1) is 16.1. The lowest BCUT2D eigenvalue weighted by Gasteiger charge is -2.21. The Morgan fingerprint density at radius 2 is 1.82 bits per heavy atom. The van der Waals surface area contributed by atoms with E-state index in [1.54, 1.807) is 12.1 Å². The van der Waals surface area contributed by atoms with Gasteiger partial charge in [-0.3, -0.25) is 0 Å². The Labute approximate surface area is 190 Å². The molecule has 0 aliphatic carbocycles. The minimum Gasteiger partial charge on any atom is -0.508 e. The fourth-order valence-electron chi connectivity index (χ4n) is 3.72. The van der Waals surface area contributed by atoms with Gasteiger partial charge in [0.25, 0.3) is 0 Å². The molecule has 8 heteroatoms. The molecule has 0 atom stereocenters. The van der Waals surface area contributed by atoms with Crippen LogP contribution in [0.25, 0.3) is 22.0 Å². The molecule has 0 fully saturated rings. The molecule has 33 heavy (non-hydrogen) atoms. The number of hydrogen-bond acceptors (Lipinski definition) is 6. The molecule has 2 heterocycles. The van der Waals surface area contributed by atoms with Gasteiger partial charge < -0.3 is 29.5 Å². The van der Waals surface area contributed by atoms with Crippen LogP contribution in [0.1, 0.15) is 12.0 Å². The molecule has 3 aromatic carbocycles. The Bertz CT molecular complexity index is 1200. The van der Waals surface area contributed by atoms with Crippen molar-refractivity contribution in [3.8, 4) is 34.1 Å². The van der Waals surface area contributed by atoms with Gasteiger partial charge in [0.15, 0.2) is 11.5 Å². The predicted octanol–water partition coefficient (Wildman–Crippen LogP) is 4.31. The Kier molecular flexibility index (Phi) is 6.97. The summed E-state index contributed by atoms with van der Waals surface area (Å²) in [5, 5.41) is 19.5. The topological polar surface area (TPSA) is 110 Å². The third-order valence-electron chi connectivity index (χ3n) is 5.23. The molecule has 4 aromatic rings. The van der Waals surface area contributed by atoms with Crippen LogP contribution in [-0.4, -0.2) is 35.0 Å². The molecule has 1 aliphatic heterocycles. The summed E-state index contributed by atoms with van der Waals surface area (Å²) in [5.74, 6) is 5.71. The first kappa shape index (κ1) is 22.4. The van der Waals surface area contributed by atoms with Crippen molar-refractivity contribution in [1.82, 2.24) is 4.98 Å². The number of rotatable bonds is 5. The maximum absolute atomic E-state index is 13.4. The number of nitrogens with two attached hydrogens (primary N) is 1. The fourth-order valence-corrected chi connectivity index (χ4v) is 3.72. The second-order valence-corrected chi connectivity index (χ2v) is 7.50. The molecule has 5 N–H and O–H groups in total. The number of phenols is 1. The predicted molar refractivity (Wildman–Crippen MR) is 123 cm³/mol. The van der Waals surface area contributed by atoms with Crippen molar-refractivity contribution in [3.63, 3.8) is 0 Å². The zero-order chi connectivity index (χ0) is 23.2. The molecule has 0 saturated heterocycles. The molecule has 0 radical (unpaired) electrons. The smallest absolute Gasteiger partial charge is 0.206 e. The highest BCUT2D eigenvalue weighted by Crippen LogP contribution is 2.43. The number of aliphatic hydroxyl groups excluding tert-OH is 1. The van der Waals surface area contributed by atoms with Gasteiger partial charge in [-0.25, -0.2) is 4.39 Å². The third kappa shape index (κ3) is 5.19. The van der Waals surface area contributed by atoms with Gasteiger partial charge >= 0.3 is 0 Å². The number of fused-ring (bicyclic) bond motifs is 2. The molecule has 5 rings (SSSR count). The van der Waals surface area contributed by atoms with E-state index in [1.807, 2.05) is 18.3 Å². The zero-order valence-electron chi connectivity index (χ0n) is 17.9. The highest BCUT2D eigenvalue weighted by Gasteiger charge is 2.19. The molecule has 0 amide bonds. The quantitative estimate of drug-likeness (QED) is 0.336. The summed E-state index contributed by atoms with van der Waals surface area (Å²) in [6.45, 7) is 1.08. The largest absolute Gasteiger partial charge is 0.508 e. The second kappa shape index (κ2) is 10.2. The van der Waals surface area contributed by atoms with E-state index >= 15 is 0 Å². The van der Waals surface area contributed by atoms with Gasteiger partial charge in [0, 0.05) is 29.8 Å². The normalized spacial score (nSPS) is 12.2. The van der Waals surface area contributed by atoms with Crippen molar-refractivity contribution < 1.29 is 28.9 Å². The first-order valence-electron chi connectivity index (χ1n) is 10.5. The first-order valence-corrected chi connectivity index (χ1v) is 10.5. The molecule has 0 unspecified atom stereocenters. The van der Waals surface area contributed by atoms with Crippen molar-refractivity contribution in [2.75, 3.05) is 19.8 Å². The zero-order valence-corrected chi connectivity index (χ0v) is 17.9. The monoisotopic (exact) mass is 452 g/mol. The Hall–Kier alpha value is -3.75. The summed E-state index contributed by atoms with van der Waals surface area (Å²) in [4.78, 5) is 7.99. The number of phenolic OH excluding ortho intramolecular Hbond substituents is 1. The molecule has 172 valence electrons. The standard InChI is InChI=1S/C14H12FNO4.C11H13NO/c15-10-3-8(4-11(17)7-10)9-5-12-14(13(6-9)20-16)19-2-1-18-12;13-7-3-4-9-8-12-11-6-2-1-5-10(9)11/h3-7,17H,1-2,16H2;1-2,5-6,8,12-13H,3-4,7H2. The Morgan fingerprint density at radius 3 is 2.61 bits per heavy atom. The number of ether oxygens (including phenoxy) is 2. The van der Waals surface area contributed by atoms with Crippen LogP contribution in [0.15, 0.2) is 60.8 Å². The number of hydrogen-bond donors (Lipinski definition) is 4. The number of nitrogens with one attached hydrogen (secondary N) is 1. The van der Waals surface area contributed by atoms with Crippen molar-refractivity contribution in [2.24, 2.45) is 5.90 Å². The van der Waals surface area contributed by atoms with E-state index in [4.69, 9.17) is 25.3 Å². The van der Waals surface area contributed by atoms with E-state index in [1.165, 1.54) is 28.6 Å². The minimum atomic E-state index is -0.537. The van der Waals surface area contributed by atoms with E-state index in [2.05, 4.69) is 17.1 Å². The maximum Gasteiger partial charge on any atom is 0.206 e. The molecule has 1 aromatic heterocycles. The highest BCUT2D eigenvalue weighted by atomic mass is 19.1. The van der Waals surface area contributed by atoms with Crippen LogP contribution < -0.4 is 20.2 Å². The summed E-state index contributed by atoms with van der Waals surface area (Å²) in [5.41, 5.74) is 3.56. The fraction of sp³-hybridized carbons (Fsp3) is 0.200. The summed E-state index contributed by atoms with van der Waals surface area (Å²) < 4.78 is 24.3. The summed E-state index contributed by atoms with van der Waals surface area (Å²) >= 11 is 0. The molecule has 0 saturated carbocycles. The van der Waals surface area contributed by atoms with E-state index < -0.39 is 5.82 Å². The highest BCUT2D eigenvalue weighted by molar-refractivity contribution is 5.83. The molecule has 7 nitrogen and oxygen atoms in total. The lowest BCUT2D eigenvalue weighted by atomic mass is 10.0. The number of benzene rings is 3. The number of para-hydroxylation sites is 1. The number of halogens is 1. The Morgan fingerprint density at radius 1 is 1.03 bits per heavy atom. The molecule has 0 spiro atoms. The van der Waals surface area contributed by atoms with Gasteiger partial charge in [0.05, 0.1) is 0 Å². The van der Waals surface area contributed by atoms with Crippen molar-refractivity contribution >= 4 is 10.9 Å². The average molecular weight is 452 g/mol. The van der Waals surface area contributed by atoms with Gasteiger partial charge in [-0.05, 0) is 59.9 Å². The molecule has 0 bridgehead atoms. The van der Waals surface area contributed by atoms with E-state index in [-0.39, 0.29) is 12.4 Å². The number of aromatic nitrogens is 1. The van der Waals surface area contributed by atoms with Gasteiger partial charge in [0.2, 0.25) is 5.75 Å². The van der Waals surface area contributed by atoms with Crippen LogP contribution >= 0.6 is 0 Å². The van der Waals surface area contributed by atoms with Crippen LogP contribution in [0.5, 0.6) is 23.0 Å². The maximum atomic E-state index is 13.4. The van der Waals surface area contributed by atoms with Crippen LogP contribution in [0.2, 0.25) is 0 Å². The minimum absolute atomic E-state index is 0.162. The molecule has 1 aliphatic rings. The van der Waals surface area contributed by atoms with Crippen LogP contribution in [-0.2, 0) is 6.42 Å².